The Labute approximate surface area is 74.7 Å². The number of amides is 1. The van der Waals surface area contributed by atoms with Crippen molar-refractivity contribution in [3.8, 4) is 0 Å². The normalized spacial score (nSPS) is 12.6. The van der Waals surface area contributed by atoms with E-state index in [0.717, 1.165) is 6.42 Å². The standard InChI is InChI=1S/C9H20N2O/c1-3-4-5-8(2)11-9(12)6-7-10/h8H,3-7,10H2,1-2H3,(H,11,12). The Hall–Kier alpha value is -0.570. The van der Waals surface area contributed by atoms with Crippen LogP contribution in [0, 0.1) is 0 Å². The Balaban J connectivity index is 3.40. The fourth-order valence-electron chi connectivity index (χ4n) is 1.06. The molecule has 0 spiro atoms. The van der Waals surface area contributed by atoms with Crippen LogP contribution in [-0.4, -0.2) is 18.5 Å². The molecule has 1 amide bonds. The first-order chi connectivity index (χ1) is 5.70. The van der Waals surface area contributed by atoms with Crippen LogP contribution >= 0.6 is 0 Å². The van der Waals surface area contributed by atoms with Crippen LogP contribution < -0.4 is 11.1 Å². The molecule has 0 bridgehead atoms. The zero-order valence-corrected chi connectivity index (χ0v) is 8.10. The van der Waals surface area contributed by atoms with Crippen molar-refractivity contribution in [1.82, 2.24) is 5.32 Å². The zero-order valence-electron chi connectivity index (χ0n) is 8.10. The number of nitrogens with one attached hydrogen (secondary N) is 1. The lowest BCUT2D eigenvalue weighted by Gasteiger charge is -2.12. The van der Waals surface area contributed by atoms with Gasteiger partial charge in [0.05, 0.1) is 0 Å². The summed E-state index contributed by atoms with van der Waals surface area (Å²) in [4.78, 5) is 11.0. The molecule has 3 heteroatoms. The van der Waals surface area contributed by atoms with E-state index in [1.54, 1.807) is 0 Å². The topological polar surface area (TPSA) is 55.1 Å². The highest BCUT2D eigenvalue weighted by atomic mass is 16.1. The van der Waals surface area contributed by atoms with Crippen LogP contribution in [-0.2, 0) is 4.79 Å². The van der Waals surface area contributed by atoms with Gasteiger partial charge in [-0.25, -0.2) is 0 Å². The van der Waals surface area contributed by atoms with Gasteiger partial charge in [-0.05, 0) is 13.3 Å². The minimum absolute atomic E-state index is 0.0705. The minimum Gasteiger partial charge on any atom is -0.354 e. The van der Waals surface area contributed by atoms with E-state index in [1.165, 1.54) is 12.8 Å². The van der Waals surface area contributed by atoms with E-state index in [2.05, 4.69) is 12.2 Å². The van der Waals surface area contributed by atoms with Gasteiger partial charge in [0.25, 0.3) is 0 Å². The predicted octanol–water partition coefficient (Wildman–Crippen LogP) is 1.03. The van der Waals surface area contributed by atoms with Crippen LogP contribution in [0.4, 0.5) is 0 Å². The Morgan fingerprint density at radius 1 is 1.58 bits per heavy atom. The Bertz CT molecular complexity index is 126. The molecule has 0 aromatic heterocycles. The van der Waals surface area contributed by atoms with Crippen molar-refractivity contribution in [3.05, 3.63) is 0 Å². The van der Waals surface area contributed by atoms with Crippen molar-refractivity contribution in [2.45, 2.75) is 45.6 Å². The highest BCUT2D eigenvalue weighted by Gasteiger charge is 2.04. The maximum absolute atomic E-state index is 11.0. The molecule has 0 aliphatic heterocycles. The number of unbranched alkanes of at least 4 members (excludes halogenated alkanes) is 1. The van der Waals surface area contributed by atoms with Gasteiger partial charge in [0.2, 0.25) is 5.91 Å². The van der Waals surface area contributed by atoms with Crippen molar-refractivity contribution in [1.29, 1.82) is 0 Å². The Morgan fingerprint density at radius 2 is 2.25 bits per heavy atom. The first kappa shape index (κ1) is 11.4. The number of rotatable bonds is 6. The summed E-state index contributed by atoms with van der Waals surface area (Å²) < 4.78 is 0. The molecule has 0 fully saturated rings. The molecular formula is C9H20N2O. The molecule has 0 heterocycles. The Morgan fingerprint density at radius 3 is 2.75 bits per heavy atom. The summed E-state index contributed by atoms with van der Waals surface area (Å²) in [6.45, 7) is 4.62. The second kappa shape index (κ2) is 7.10. The molecule has 0 saturated carbocycles. The van der Waals surface area contributed by atoms with E-state index in [4.69, 9.17) is 5.73 Å². The molecule has 0 aromatic rings. The molecule has 3 nitrogen and oxygen atoms in total. The van der Waals surface area contributed by atoms with Crippen molar-refractivity contribution < 1.29 is 4.79 Å². The predicted molar refractivity (Wildman–Crippen MR) is 50.8 cm³/mol. The van der Waals surface area contributed by atoms with Gasteiger partial charge >= 0.3 is 0 Å². The summed E-state index contributed by atoms with van der Waals surface area (Å²) in [7, 11) is 0. The van der Waals surface area contributed by atoms with Crippen molar-refractivity contribution >= 4 is 5.91 Å². The molecule has 72 valence electrons. The average Bonchev–Trinajstić information content (AvgIpc) is 2.01. The number of carbonyl (C=O) groups is 1. The highest BCUT2D eigenvalue weighted by Crippen LogP contribution is 1.99. The van der Waals surface area contributed by atoms with Gasteiger partial charge in [0.15, 0.2) is 0 Å². The highest BCUT2D eigenvalue weighted by molar-refractivity contribution is 5.76. The summed E-state index contributed by atoms with van der Waals surface area (Å²) in [5, 5.41) is 2.90. The zero-order chi connectivity index (χ0) is 9.40. The van der Waals surface area contributed by atoms with Gasteiger partial charge < -0.3 is 11.1 Å². The van der Waals surface area contributed by atoms with E-state index in [0.29, 0.717) is 19.0 Å². The number of hydrogen-bond donors (Lipinski definition) is 2. The monoisotopic (exact) mass is 172 g/mol. The van der Waals surface area contributed by atoms with Crippen molar-refractivity contribution in [2.75, 3.05) is 6.54 Å². The molecule has 0 aromatic carbocycles. The van der Waals surface area contributed by atoms with Crippen LogP contribution in [0.25, 0.3) is 0 Å². The van der Waals surface area contributed by atoms with E-state index in [1.807, 2.05) is 6.92 Å². The molecule has 1 atom stereocenters. The maximum Gasteiger partial charge on any atom is 0.221 e. The summed E-state index contributed by atoms with van der Waals surface area (Å²) >= 11 is 0. The first-order valence-corrected chi connectivity index (χ1v) is 4.70. The number of carbonyl (C=O) groups excluding carboxylic acids is 1. The largest absolute Gasteiger partial charge is 0.354 e. The summed E-state index contributed by atoms with van der Waals surface area (Å²) in [6.07, 6.45) is 3.85. The molecule has 0 rings (SSSR count). The van der Waals surface area contributed by atoms with Crippen LogP contribution in [0.15, 0.2) is 0 Å². The van der Waals surface area contributed by atoms with E-state index >= 15 is 0 Å². The van der Waals surface area contributed by atoms with Crippen LogP contribution in [0.2, 0.25) is 0 Å². The van der Waals surface area contributed by atoms with Gasteiger partial charge in [0, 0.05) is 19.0 Å². The maximum atomic E-state index is 11.0. The lowest BCUT2D eigenvalue weighted by atomic mass is 10.1. The van der Waals surface area contributed by atoms with Gasteiger partial charge in [-0.3, -0.25) is 4.79 Å². The second-order valence-electron chi connectivity index (χ2n) is 3.15. The first-order valence-electron chi connectivity index (χ1n) is 4.70. The molecule has 0 aliphatic rings. The lowest BCUT2D eigenvalue weighted by Crippen LogP contribution is -2.33. The third-order valence-electron chi connectivity index (χ3n) is 1.77. The molecular weight excluding hydrogens is 152 g/mol. The molecule has 0 aliphatic carbocycles. The number of hydrogen-bond acceptors (Lipinski definition) is 2. The quantitative estimate of drug-likeness (QED) is 0.628. The van der Waals surface area contributed by atoms with Gasteiger partial charge in [-0.2, -0.15) is 0 Å². The average molecular weight is 172 g/mol. The third kappa shape index (κ3) is 6.16. The minimum atomic E-state index is 0.0705. The summed E-state index contributed by atoms with van der Waals surface area (Å²) in [6, 6.07) is 0.295. The van der Waals surface area contributed by atoms with Crippen LogP contribution in [0.5, 0.6) is 0 Å². The van der Waals surface area contributed by atoms with E-state index in [9.17, 15) is 4.79 Å². The fraction of sp³-hybridized carbons (Fsp3) is 0.889. The fourth-order valence-corrected chi connectivity index (χ4v) is 1.06. The smallest absolute Gasteiger partial charge is 0.221 e. The van der Waals surface area contributed by atoms with E-state index < -0.39 is 0 Å². The summed E-state index contributed by atoms with van der Waals surface area (Å²) in [5.41, 5.74) is 5.24. The van der Waals surface area contributed by atoms with Gasteiger partial charge in [-0.15, -0.1) is 0 Å². The van der Waals surface area contributed by atoms with Crippen molar-refractivity contribution in [2.24, 2.45) is 5.73 Å². The van der Waals surface area contributed by atoms with Crippen LogP contribution in [0.1, 0.15) is 39.5 Å². The lowest BCUT2D eigenvalue weighted by molar-refractivity contribution is -0.121. The second-order valence-corrected chi connectivity index (χ2v) is 3.15. The molecule has 0 radical (unpaired) electrons. The number of nitrogens with two attached hydrogens (primary N) is 1. The third-order valence-corrected chi connectivity index (χ3v) is 1.77. The summed E-state index contributed by atoms with van der Waals surface area (Å²) in [5.74, 6) is 0.0705. The molecule has 3 N–H and O–H groups in total. The Kier molecular flexibility index (Phi) is 6.76. The molecule has 0 saturated heterocycles. The van der Waals surface area contributed by atoms with Gasteiger partial charge in [0.1, 0.15) is 0 Å². The van der Waals surface area contributed by atoms with Crippen molar-refractivity contribution in [3.63, 3.8) is 0 Å². The molecule has 1 unspecified atom stereocenters. The SMILES string of the molecule is CCCCC(C)NC(=O)CCN. The van der Waals surface area contributed by atoms with E-state index in [-0.39, 0.29) is 5.91 Å². The van der Waals surface area contributed by atoms with Gasteiger partial charge in [-0.1, -0.05) is 19.8 Å². The molecule has 12 heavy (non-hydrogen) atoms. The van der Waals surface area contributed by atoms with Crippen LogP contribution in [0.3, 0.4) is 0 Å².